The molecule has 2 saturated heterocycles. The minimum atomic E-state index is -1.61. The SMILES string of the molecule is CCCN1C(=O)NC(=O)[C@]2(Cc3cc([N+](=O)[O-])ccc3N3C[C@H](C)O[C@H](C)[C@H]32)C1=O. The van der Waals surface area contributed by atoms with Crippen LogP contribution in [-0.2, 0) is 20.7 Å². The molecule has 3 aliphatic rings. The summed E-state index contributed by atoms with van der Waals surface area (Å²) in [7, 11) is 0. The van der Waals surface area contributed by atoms with Gasteiger partial charge in [0.1, 0.15) is 0 Å². The molecule has 0 aromatic heterocycles. The lowest BCUT2D eigenvalue weighted by Crippen LogP contribution is -2.75. The third kappa shape index (κ3) is 2.78. The fourth-order valence-corrected chi connectivity index (χ4v) is 5.10. The van der Waals surface area contributed by atoms with Crippen molar-refractivity contribution < 1.29 is 24.0 Å². The molecule has 1 spiro atoms. The molecule has 160 valence electrons. The molecule has 0 radical (unpaired) electrons. The number of nitrogens with zero attached hydrogens (tertiary/aromatic N) is 3. The largest absolute Gasteiger partial charge is 0.372 e. The molecule has 30 heavy (non-hydrogen) atoms. The highest BCUT2D eigenvalue weighted by Crippen LogP contribution is 2.48. The molecule has 1 aromatic rings. The fraction of sp³-hybridized carbons (Fsp3) is 0.550. The first-order valence-corrected chi connectivity index (χ1v) is 10.1. The highest BCUT2D eigenvalue weighted by Gasteiger charge is 2.64. The van der Waals surface area contributed by atoms with Crippen LogP contribution in [0.1, 0.15) is 32.8 Å². The molecule has 0 saturated carbocycles. The standard InChI is InChI=1S/C20H24N4O6/c1-4-7-22-18(26)20(17(25)21-19(22)27)9-13-8-14(24(28)29)5-6-15(13)23-10-11(2)30-12(3)16(20)23/h5-6,8,11-12,16H,4,7,9-10H2,1-3H3,(H,21,25,27)/t11-,12+,16-,20+/m0/s1. The molecule has 3 heterocycles. The third-order valence-electron chi connectivity index (χ3n) is 6.18. The first kappa shape index (κ1) is 20.3. The number of barbiturate groups is 1. The van der Waals surface area contributed by atoms with Gasteiger partial charge >= 0.3 is 6.03 Å². The third-order valence-corrected chi connectivity index (χ3v) is 6.18. The van der Waals surface area contributed by atoms with Crippen LogP contribution in [0.4, 0.5) is 16.2 Å². The molecule has 4 atom stereocenters. The van der Waals surface area contributed by atoms with Gasteiger partial charge in [-0.2, -0.15) is 0 Å². The molecule has 2 fully saturated rings. The highest BCUT2D eigenvalue weighted by atomic mass is 16.6. The van der Waals surface area contributed by atoms with E-state index in [1.807, 2.05) is 25.7 Å². The minimum absolute atomic E-state index is 0.0363. The van der Waals surface area contributed by atoms with E-state index in [0.717, 1.165) is 10.6 Å². The molecule has 4 rings (SSSR count). The number of carbonyl (C=O) groups is 3. The number of rotatable bonds is 3. The molecule has 0 bridgehead atoms. The normalized spacial score (nSPS) is 30.8. The van der Waals surface area contributed by atoms with Gasteiger partial charge in [0.15, 0.2) is 5.41 Å². The van der Waals surface area contributed by atoms with Crippen molar-refractivity contribution >= 4 is 29.2 Å². The smallest absolute Gasteiger partial charge is 0.330 e. The first-order chi connectivity index (χ1) is 14.2. The van der Waals surface area contributed by atoms with Gasteiger partial charge in [0, 0.05) is 37.3 Å². The molecule has 0 aliphatic carbocycles. The number of hydrogen-bond donors (Lipinski definition) is 1. The molecule has 3 aliphatic heterocycles. The minimum Gasteiger partial charge on any atom is -0.372 e. The lowest BCUT2D eigenvalue weighted by Gasteiger charge is -2.56. The molecule has 10 nitrogen and oxygen atoms in total. The summed E-state index contributed by atoms with van der Waals surface area (Å²) >= 11 is 0. The number of nitrogens with one attached hydrogen (secondary N) is 1. The Kier molecular flexibility index (Phi) is 4.76. The number of hydrogen-bond acceptors (Lipinski definition) is 7. The first-order valence-electron chi connectivity index (χ1n) is 10.1. The van der Waals surface area contributed by atoms with Crippen molar-refractivity contribution in [3.63, 3.8) is 0 Å². The number of nitro groups is 1. The Morgan fingerprint density at radius 1 is 1.30 bits per heavy atom. The number of urea groups is 1. The van der Waals surface area contributed by atoms with Crippen LogP contribution < -0.4 is 10.2 Å². The summed E-state index contributed by atoms with van der Waals surface area (Å²) in [6.07, 6.45) is -0.123. The van der Waals surface area contributed by atoms with Gasteiger partial charge in [-0.15, -0.1) is 0 Å². The monoisotopic (exact) mass is 416 g/mol. The second-order valence-corrected chi connectivity index (χ2v) is 8.18. The number of amides is 4. The molecule has 4 amide bonds. The van der Waals surface area contributed by atoms with Crippen LogP contribution >= 0.6 is 0 Å². The van der Waals surface area contributed by atoms with Gasteiger partial charge in [0.05, 0.1) is 23.2 Å². The number of ether oxygens (including phenoxy) is 1. The van der Waals surface area contributed by atoms with Gasteiger partial charge in [-0.1, -0.05) is 6.92 Å². The number of benzene rings is 1. The fourth-order valence-electron chi connectivity index (χ4n) is 5.10. The molecule has 10 heteroatoms. The number of non-ortho nitro benzene ring substituents is 1. The lowest BCUT2D eigenvalue weighted by atomic mass is 9.66. The maximum absolute atomic E-state index is 13.7. The van der Waals surface area contributed by atoms with E-state index < -0.39 is 40.3 Å². The van der Waals surface area contributed by atoms with Crippen LogP contribution in [0.2, 0.25) is 0 Å². The summed E-state index contributed by atoms with van der Waals surface area (Å²) in [5.74, 6) is -1.25. The number of morpholine rings is 1. The Morgan fingerprint density at radius 2 is 2.03 bits per heavy atom. The summed E-state index contributed by atoms with van der Waals surface area (Å²) in [5.41, 5.74) is -0.430. The summed E-state index contributed by atoms with van der Waals surface area (Å²) < 4.78 is 5.99. The van der Waals surface area contributed by atoms with E-state index in [1.165, 1.54) is 12.1 Å². The van der Waals surface area contributed by atoms with E-state index in [9.17, 15) is 24.5 Å². The molecule has 1 aromatic carbocycles. The Balaban J connectivity index is 1.91. The Hall–Kier alpha value is -3.01. The van der Waals surface area contributed by atoms with Crippen LogP contribution in [0.15, 0.2) is 18.2 Å². The van der Waals surface area contributed by atoms with Crippen LogP contribution in [0.3, 0.4) is 0 Å². The number of nitro benzene ring substituents is 1. The van der Waals surface area contributed by atoms with Gasteiger partial charge in [-0.25, -0.2) is 4.79 Å². The summed E-state index contributed by atoms with van der Waals surface area (Å²) in [5, 5.41) is 13.7. The van der Waals surface area contributed by atoms with Crippen molar-refractivity contribution in [1.29, 1.82) is 0 Å². The zero-order valence-electron chi connectivity index (χ0n) is 17.1. The predicted molar refractivity (Wildman–Crippen MR) is 106 cm³/mol. The Morgan fingerprint density at radius 3 is 2.70 bits per heavy atom. The predicted octanol–water partition coefficient (Wildman–Crippen LogP) is 1.61. The van der Waals surface area contributed by atoms with Gasteiger partial charge < -0.3 is 9.64 Å². The molecule has 0 unspecified atom stereocenters. The average molecular weight is 416 g/mol. The summed E-state index contributed by atoms with van der Waals surface area (Å²) in [6.45, 7) is 6.15. The van der Waals surface area contributed by atoms with Crippen LogP contribution in [0.25, 0.3) is 0 Å². The van der Waals surface area contributed by atoms with Crippen molar-refractivity contribution in [1.82, 2.24) is 10.2 Å². The van der Waals surface area contributed by atoms with Crippen molar-refractivity contribution in [3.8, 4) is 0 Å². The van der Waals surface area contributed by atoms with E-state index >= 15 is 0 Å². The number of anilines is 1. The summed E-state index contributed by atoms with van der Waals surface area (Å²) in [6, 6.07) is 3.14. The van der Waals surface area contributed by atoms with Crippen molar-refractivity contribution in [2.45, 2.75) is 51.9 Å². The molecule has 1 N–H and O–H groups in total. The van der Waals surface area contributed by atoms with Gasteiger partial charge in [0.25, 0.3) is 5.69 Å². The van der Waals surface area contributed by atoms with Crippen molar-refractivity contribution in [2.24, 2.45) is 5.41 Å². The van der Waals surface area contributed by atoms with E-state index in [4.69, 9.17) is 4.74 Å². The second kappa shape index (κ2) is 7.05. The Bertz CT molecular complexity index is 949. The number of imide groups is 2. The maximum atomic E-state index is 13.7. The van der Waals surface area contributed by atoms with Crippen molar-refractivity contribution in [2.75, 3.05) is 18.0 Å². The van der Waals surface area contributed by atoms with Gasteiger partial charge in [-0.3, -0.25) is 29.9 Å². The van der Waals surface area contributed by atoms with E-state index in [-0.39, 0.29) is 24.8 Å². The quantitative estimate of drug-likeness (QED) is 0.451. The van der Waals surface area contributed by atoms with Gasteiger partial charge in [-0.05, 0) is 31.9 Å². The number of carbonyl (C=O) groups excluding carboxylic acids is 3. The highest BCUT2D eigenvalue weighted by molar-refractivity contribution is 6.20. The van der Waals surface area contributed by atoms with E-state index in [2.05, 4.69) is 5.32 Å². The van der Waals surface area contributed by atoms with Crippen molar-refractivity contribution in [3.05, 3.63) is 33.9 Å². The zero-order chi connectivity index (χ0) is 21.8. The van der Waals surface area contributed by atoms with E-state index in [0.29, 0.717) is 18.5 Å². The zero-order valence-corrected chi connectivity index (χ0v) is 17.1. The maximum Gasteiger partial charge on any atom is 0.330 e. The van der Waals surface area contributed by atoms with Crippen LogP contribution in [0.5, 0.6) is 0 Å². The molecular formula is C20H24N4O6. The molecular weight excluding hydrogens is 392 g/mol. The van der Waals surface area contributed by atoms with Crippen LogP contribution in [-0.4, -0.2) is 59.0 Å². The summed E-state index contributed by atoms with van der Waals surface area (Å²) in [4.78, 5) is 53.1. The average Bonchev–Trinajstić information content (AvgIpc) is 2.68. The number of fused-ring (bicyclic) bond motifs is 4. The lowest BCUT2D eigenvalue weighted by molar-refractivity contribution is -0.384. The van der Waals surface area contributed by atoms with E-state index in [1.54, 1.807) is 6.07 Å². The van der Waals surface area contributed by atoms with Crippen LogP contribution in [0, 0.1) is 15.5 Å². The topological polar surface area (TPSA) is 122 Å². The second-order valence-electron chi connectivity index (χ2n) is 8.18. The Labute approximate surface area is 173 Å². The van der Waals surface area contributed by atoms with Gasteiger partial charge in [0.2, 0.25) is 11.8 Å².